The third-order valence-electron chi connectivity index (χ3n) is 3.12. The summed E-state index contributed by atoms with van der Waals surface area (Å²) in [6, 6.07) is 3.96. The number of methoxy groups -OCH3 is 1. The molecule has 6 nitrogen and oxygen atoms in total. The van der Waals surface area contributed by atoms with Gasteiger partial charge in [0, 0.05) is 17.2 Å². The lowest BCUT2D eigenvalue weighted by Crippen LogP contribution is -2.44. The van der Waals surface area contributed by atoms with Gasteiger partial charge in [0.05, 0.1) is 12.0 Å². The summed E-state index contributed by atoms with van der Waals surface area (Å²) in [6.45, 7) is 3.49. The Hall–Kier alpha value is -1.82. The first kappa shape index (κ1) is 16.2. The van der Waals surface area contributed by atoms with E-state index in [4.69, 9.17) is 21.1 Å². The van der Waals surface area contributed by atoms with E-state index in [2.05, 4.69) is 0 Å². The van der Waals surface area contributed by atoms with Crippen LogP contribution in [0.5, 0.6) is 5.75 Å². The molecule has 0 atom stereocenters. The van der Waals surface area contributed by atoms with Crippen molar-refractivity contribution in [1.82, 2.24) is 0 Å². The van der Waals surface area contributed by atoms with Crippen LogP contribution in [0.4, 0.5) is 5.69 Å². The quantitative estimate of drug-likeness (QED) is 0.457. The molecule has 0 aliphatic heterocycles. The van der Waals surface area contributed by atoms with Gasteiger partial charge in [-0.05, 0) is 18.9 Å². The molecule has 20 heavy (non-hydrogen) atoms. The van der Waals surface area contributed by atoms with Crippen LogP contribution < -0.4 is 4.74 Å². The summed E-state index contributed by atoms with van der Waals surface area (Å²) in [7, 11) is 1.25. The van der Waals surface area contributed by atoms with Gasteiger partial charge in [-0.2, -0.15) is 0 Å². The molecule has 1 aromatic rings. The van der Waals surface area contributed by atoms with Crippen molar-refractivity contribution < 1.29 is 19.2 Å². The molecule has 0 spiro atoms. The van der Waals surface area contributed by atoms with Crippen LogP contribution in [0.25, 0.3) is 0 Å². The van der Waals surface area contributed by atoms with Crippen molar-refractivity contribution in [1.29, 1.82) is 0 Å². The third kappa shape index (κ3) is 3.19. The maximum absolute atomic E-state index is 11.9. The largest absolute Gasteiger partial charge is 0.468 e. The highest BCUT2D eigenvalue weighted by molar-refractivity contribution is 6.30. The molecule has 0 heterocycles. The number of esters is 1. The predicted molar refractivity (Wildman–Crippen MR) is 74.1 cm³/mol. The van der Waals surface area contributed by atoms with Crippen LogP contribution in [-0.2, 0) is 9.53 Å². The lowest BCUT2D eigenvalue weighted by atomic mass is 9.97. The SMILES string of the molecule is CCC(CC)(Oc1cc(Cl)ccc1[N+](=O)[O-])C(=O)OC. The Balaban J connectivity index is 3.27. The predicted octanol–water partition coefficient (Wildman–Crippen LogP) is 3.36. The van der Waals surface area contributed by atoms with Crippen molar-refractivity contribution in [2.75, 3.05) is 7.11 Å². The van der Waals surface area contributed by atoms with Gasteiger partial charge in [-0.15, -0.1) is 0 Å². The van der Waals surface area contributed by atoms with Crippen LogP contribution in [0.3, 0.4) is 0 Å². The van der Waals surface area contributed by atoms with E-state index in [1.54, 1.807) is 13.8 Å². The molecule has 0 fully saturated rings. The molecule has 0 N–H and O–H groups in total. The fraction of sp³-hybridized carbons (Fsp3) is 0.462. The van der Waals surface area contributed by atoms with E-state index >= 15 is 0 Å². The number of carbonyl (C=O) groups is 1. The Morgan fingerprint density at radius 3 is 2.45 bits per heavy atom. The Labute approximate surface area is 121 Å². The third-order valence-corrected chi connectivity index (χ3v) is 3.36. The number of nitro groups is 1. The van der Waals surface area contributed by atoms with Crippen molar-refractivity contribution in [3.8, 4) is 5.75 Å². The summed E-state index contributed by atoms with van der Waals surface area (Å²) in [5.41, 5.74) is -1.51. The summed E-state index contributed by atoms with van der Waals surface area (Å²) >= 11 is 5.83. The number of nitrogens with zero attached hydrogens (tertiary/aromatic N) is 1. The molecule has 0 amide bonds. The number of nitro benzene ring substituents is 1. The molecule has 0 aliphatic carbocycles. The zero-order chi connectivity index (χ0) is 15.3. The molecule has 1 rings (SSSR count). The van der Waals surface area contributed by atoms with Crippen LogP contribution in [-0.4, -0.2) is 23.6 Å². The molecular weight excluding hydrogens is 286 g/mol. The van der Waals surface area contributed by atoms with Gasteiger partial charge in [0.25, 0.3) is 0 Å². The fourth-order valence-corrected chi connectivity index (χ4v) is 2.00. The molecule has 0 aromatic heterocycles. The topological polar surface area (TPSA) is 78.7 Å². The van der Waals surface area contributed by atoms with Crippen molar-refractivity contribution in [3.05, 3.63) is 33.3 Å². The Bertz CT molecular complexity index is 513. The van der Waals surface area contributed by atoms with Crippen LogP contribution >= 0.6 is 11.6 Å². The van der Waals surface area contributed by atoms with E-state index in [0.29, 0.717) is 12.8 Å². The first-order valence-electron chi connectivity index (χ1n) is 6.11. The normalized spacial score (nSPS) is 11.0. The second kappa shape index (κ2) is 6.56. The Morgan fingerprint density at radius 1 is 1.40 bits per heavy atom. The number of halogens is 1. The van der Waals surface area contributed by atoms with Gasteiger partial charge in [-0.3, -0.25) is 10.1 Å². The van der Waals surface area contributed by atoms with E-state index in [0.717, 1.165) is 0 Å². The van der Waals surface area contributed by atoms with Gasteiger partial charge >= 0.3 is 11.7 Å². The minimum Gasteiger partial charge on any atom is -0.468 e. The molecule has 110 valence electrons. The molecule has 0 aliphatic rings. The van der Waals surface area contributed by atoms with Crippen LogP contribution in [0, 0.1) is 10.1 Å². The Morgan fingerprint density at radius 2 is 2.00 bits per heavy atom. The van der Waals surface area contributed by atoms with Crippen LogP contribution in [0.1, 0.15) is 26.7 Å². The monoisotopic (exact) mass is 301 g/mol. The van der Waals surface area contributed by atoms with Crippen molar-refractivity contribution in [2.24, 2.45) is 0 Å². The minimum atomic E-state index is -1.26. The van der Waals surface area contributed by atoms with Crippen molar-refractivity contribution >= 4 is 23.3 Å². The van der Waals surface area contributed by atoms with E-state index in [1.807, 2.05) is 0 Å². The number of hydrogen-bond donors (Lipinski definition) is 0. The lowest BCUT2D eigenvalue weighted by Gasteiger charge is -2.29. The maximum Gasteiger partial charge on any atom is 0.350 e. The van der Waals surface area contributed by atoms with Crippen LogP contribution in [0.2, 0.25) is 5.02 Å². The van der Waals surface area contributed by atoms with Gasteiger partial charge in [0.2, 0.25) is 5.60 Å². The first-order chi connectivity index (χ1) is 9.40. The number of rotatable bonds is 6. The average molecular weight is 302 g/mol. The summed E-state index contributed by atoms with van der Waals surface area (Å²) in [5, 5.41) is 11.3. The van der Waals surface area contributed by atoms with Crippen LogP contribution in [0.15, 0.2) is 18.2 Å². The zero-order valence-corrected chi connectivity index (χ0v) is 12.3. The molecule has 0 saturated heterocycles. The smallest absolute Gasteiger partial charge is 0.350 e. The number of hydrogen-bond acceptors (Lipinski definition) is 5. The van der Waals surface area contributed by atoms with E-state index < -0.39 is 16.5 Å². The Kier molecular flexibility index (Phi) is 5.33. The van der Waals surface area contributed by atoms with Gasteiger partial charge < -0.3 is 9.47 Å². The second-order valence-corrected chi connectivity index (χ2v) is 4.60. The summed E-state index contributed by atoms with van der Waals surface area (Å²) < 4.78 is 10.4. The molecule has 0 saturated carbocycles. The summed E-state index contributed by atoms with van der Waals surface area (Å²) in [4.78, 5) is 22.3. The highest BCUT2D eigenvalue weighted by Gasteiger charge is 2.40. The highest BCUT2D eigenvalue weighted by atomic mass is 35.5. The molecular formula is C13H16ClNO5. The highest BCUT2D eigenvalue weighted by Crippen LogP contribution is 2.35. The molecule has 0 bridgehead atoms. The molecule has 1 aromatic carbocycles. The van der Waals surface area contributed by atoms with E-state index in [9.17, 15) is 14.9 Å². The standard InChI is InChI=1S/C13H16ClNO5/c1-4-13(5-2,12(16)19-3)20-11-8-9(14)6-7-10(11)15(17)18/h6-8H,4-5H2,1-3H3. The van der Waals surface area contributed by atoms with Gasteiger partial charge in [-0.1, -0.05) is 25.4 Å². The summed E-state index contributed by atoms with van der Waals surface area (Å²) in [5.74, 6) is -0.617. The lowest BCUT2D eigenvalue weighted by molar-refractivity contribution is -0.386. The molecule has 0 unspecified atom stereocenters. The fourth-order valence-electron chi connectivity index (χ4n) is 1.84. The maximum atomic E-state index is 11.9. The van der Waals surface area contributed by atoms with Crippen molar-refractivity contribution in [3.63, 3.8) is 0 Å². The zero-order valence-electron chi connectivity index (χ0n) is 11.5. The molecule has 7 heteroatoms. The van der Waals surface area contributed by atoms with E-state index in [-0.39, 0.29) is 16.5 Å². The minimum absolute atomic E-state index is 0.0448. The van der Waals surface area contributed by atoms with E-state index in [1.165, 1.54) is 25.3 Å². The second-order valence-electron chi connectivity index (χ2n) is 4.16. The number of carbonyl (C=O) groups excluding carboxylic acids is 1. The van der Waals surface area contributed by atoms with Gasteiger partial charge in [-0.25, -0.2) is 4.79 Å². The summed E-state index contributed by atoms with van der Waals surface area (Å²) in [6.07, 6.45) is 0.639. The van der Waals surface area contributed by atoms with Gasteiger partial charge in [0.15, 0.2) is 5.75 Å². The van der Waals surface area contributed by atoms with Crippen molar-refractivity contribution in [2.45, 2.75) is 32.3 Å². The van der Waals surface area contributed by atoms with Gasteiger partial charge in [0.1, 0.15) is 0 Å². The average Bonchev–Trinajstić information content (AvgIpc) is 2.43. The molecule has 0 radical (unpaired) electrons. The first-order valence-corrected chi connectivity index (χ1v) is 6.49. The number of benzene rings is 1. The number of ether oxygens (including phenoxy) is 2.